The molecule has 0 amide bonds. The van der Waals surface area contributed by atoms with Crippen molar-refractivity contribution in [3.63, 3.8) is 0 Å². The van der Waals surface area contributed by atoms with Gasteiger partial charge in [0.15, 0.2) is 0 Å². The number of hydrogen-bond acceptors (Lipinski definition) is 4. The molecule has 0 saturated heterocycles. The Morgan fingerprint density at radius 1 is 1.91 bits per heavy atom. The van der Waals surface area contributed by atoms with Gasteiger partial charge in [0.2, 0.25) is 5.54 Å². The molecule has 5 heteroatoms. The van der Waals surface area contributed by atoms with Gasteiger partial charge in [-0.25, -0.2) is 0 Å². The van der Waals surface area contributed by atoms with Crippen molar-refractivity contribution in [2.24, 2.45) is 5.92 Å². The van der Waals surface area contributed by atoms with Gasteiger partial charge in [-0.3, -0.25) is 10.1 Å². The summed E-state index contributed by atoms with van der Waals surface area (Å²) in [6.45, 7) is 1.09. The van der Waals surface area contributed by atoms with E-state index in [1.165, 1.54) is 6.92 Å². The van der Waals surface area contributed by atoms with Crippen LogP contribution in [0.2, 0.25) is 0 Å². The molecule has 0 bridgehead atoms. The van der Waals surface area contributed by atoms with Crippen molar-refractivity contribution < 1.29 is 15.1 Å². The van der Waals surface area contributed by atoms with Gasteiger partial charge in [0.05, 0.1) is 18.6 Å². The van der Waals surface area contributed by atoms with Gasteiger partial charge >= 0.3 is 0 Å². The minimum atomic E-state index is -0.998. The molecular weight excluding hydrogens is 150 g/mol. The Morgan fingerprint density at radius 2 is 2.45 bits per heavy atom. The monoisotopic (exact) mass is 161 g/mol. The number of rotatable bonds is 3. The SMILES string of the molecule is C[C@@]1([N+](=O)[O-])C[C@H]1[C@H](O)CO. The van der Waals surface area contributed by atoms with Crippen LogP contribution in [-0.4, -0.2) is 33.4 Å². The Kier molecular flexibility index (Phi) is 1.85. The van der Waals surface area contributed by atoms with Crippen LogP contribution in [0.25, 0.3) is 0 Å². The first-order chi connectivity index (χ1) is 5.02. The molecule has 0 spiro atoms. The van der Waals surface area contributed by atoms with Gasteiger partial charge in [0.25, 0.3) is 0 Å². The molecule has 0 radical (unpaired) electrons. The van der Waals surface area contributed by atoms with Gasteiger partial charge in [-0.05, 0) is 0 Å². The smallest absolute Gasteiger partial charge is 0.225 e. The molecule has 1 saturated carbocycles. The van der Waals surface area contributed by atoms with Crippen molar-refractivity contribution in [3.8, 4) is 0 Å². The topological polar surface area (TPSA) is 83.6 Å². The van der Waals surface area contributed by atoms with E-state index < -0.39 is 23.2 Å². The molecule has 1 aliphatic rings. The molecule has 1 rings (SSSR count). The maximum Gasteiger partial charge on any atom is 0.225 e. The lowest BCUT2D eigenvalue weighted by molar-refractivity contribution is -0.539. The Hall–Kier alpha value is -0.680. The fourth-order valence-corrected chi connectivity index (χ4v) is 1.27. The summed E-state index contributed by atoms with van der Waals surface area (Å²) >= 11 is 0. The van der Waals surface area contributed by atoms with E-state index in [0.717, 1.165) is 0 Å². The van der Waals surface area contributed by atoms with Crippen LogP contribution >= 0.6 is 0 Å². The molecule has 0 heterocycles. The molecule has 0 aliphatic heterocycles. The third-order valence-corrected chi connectivity index (χ3v) is 2.34. The molecule has 0 unspecified atom stereocenters. The predicted octanol–water partition coefficient (Wildman–Crippen LogP) is -0.605. The molecule has 0 aromatic rings. The van der Waals surface area contributed by atoms with E-state index in [-0.39, 0.29) is 5.92 Å². The average molecular weight is 161 g/mol. The Balaban J connectivity index is 2.53. The van der Waals surface area contributed by atoms with E-state index in [1.54, 1.807) is 0 Å². The minimum Gasteiger partial charge on any atom is -0.394 e. The molecule has 11 heavy (non-hydrogen) atoms. The van der Waals surface area contributed by atoms with Crippen molar-refractivity contribution in [3.05, 3.63) is 10.1 Å². The van der Waals surface area contributed by atoms with Gasteiger partial charge in [0, 0.05) is 18.3 Å². The van der Waals surface area contributed by atoms with Crippen molar-refractivity contribution in [2.75, 3.05) is 6.61 Å². The van der Waals surface area contributed by atoms with Gasteiger partial charge < -0.3 is 10.2 Å². The lowest BCUT2D eigenvalue weighted by atomic mass is 10.1. The molecule has 0 aromatic heterocycles. The summed E-state index contributed by atoms with van der Waals surface area (Å²) in [5, 5.41) is 27.8. The highest BCUT2D eigenvalue weighted by Gasteiger charge is 2.64. The summed E-state index contributed by atoms with van der Waals surface area (Å²) in [7, 11) is 0. The molecule has 64 valence electrons. The second-order valence-corrected chi connectivity index (χ2v) is 3.17. The van der Waals surface area contributed by atoms with Crippen molar-refractivity contribution in [1.29, 1.82) is 0 Å². The number of nitro groups is 1. The molecule has 5 nitrogen and oxygen atoms in total. The normalized spacial score (nSPS) is 38.3. The first kappa shape index (κ1) is 8.42. The summed E-state index contributed by atoms with van der Waals surface area (Å²) in [6, 6.07) is 0. The van der Waals surface area contributed by atoms with E-state index in [0.29, 0.717) is 6.42 Å². The quantitative estimate of drug-likeness (QED) is 0.427. The largest absolute Gasteiger partial charge is 0.394 e. The second kappa shape index (κ2) is 2.42. The second-order valence-electron chi connectivity index (χ2n) is 3.17. The van der Waals surface area contributed by atoms with Crippen LogP contribution in [0, 0.1) is 16.0 Å². The minimum absolute atomic E-state index is 0.363. The van der Waals surface area contributed by atoms with Crippen molar-refractivity contribution in [2.45, 2.75) is 25.0 Å². The van der Waals surface area contributed by atoms with Crippen molar-refractivity contribution >= 4 is 0 Å². The van der Waals surface area contributed by atoms with E-state index in [9.17, 15) is 10.1 Å². The molecule has 1 fully saturated rings. The van der Waals surface area contributed by atoms with Crippen molar-refractivity contribution in [1.82, 2.24) is 0 Å². The van der Waals surface area contributed by atoms with E-state index in [2.05, 4.69) is 0 Å². The first-order valence-electron chi connectivity index (χ1n) is 3.46. The zero-order valence-corrected chi connectivity index (χ0v) is 6.23. The molecule has 3 atom stereocenters. The summed E-state index contributed by atoms with van der Waals surface area (Å²) in [5.41, 5.74) is -0.998. The van der Waals surface area contributed by atoms with E-state index >= 15 is 0 Å². The van der Waals surface area contributed by atoms with Crippen LogP contribution in [0.3, 0.4) is 0 Å². The first-order valence-corrected chi connectivity index (χ1v) is 3.46. The fourth-order valence-electron chi connectivity index (χ4n) is 1.27. The van der Waals surface area contributed by atoms with E-state index in [1.807, 2.05) is 0 Å². The third kappa shape index (κ3) is 1.21. The highest BCUT2D eigenvalue weighted by atomic mass is 16.6. The highest BCUT2D eigenvalue weighted by Crippen LogP contribution is 2.47. The predicted molar refractivity (Wildman–Crippen MR) is 36.6 cm³/mol. The van der Waals surface area contributed by atoms with Gasteiger partial charge in [-0.2, -0.15) is 0 Å². The van der Waals surface area contributed by atoms with Crippen LogP contribution in [0.4, 0.5) is 0 Å². The van der Waals surface area contributed by atoms with Crippen LogP contribution in [0.15, 0.2) is 0 Å². The van der Waals surface area contributed by atoms with Gasteiger partial charge in [-0.1, -0.05) is 0 Å². The molecule has 1 aliphatic carbocycles. The standard InChI is InChI=1S/C6H11NO4/c1-6(7(10)11)2-4(6)5(9)3-8/h4-5,8-9H,2-3H2,1H3/t4-,5+,6+/m0/s1. The van der Waals surface area contributed by atoms with Crippen LogP contribution in [-0.2, 0) is 0 Å². The Labute approximate surface area is 63.8 Å². The lowest BCUT2D eigenvalue weighted by Gasteiger charge is -2.06. The Morgan fingerprint density at radius 3 is 2.73 bits per heavy atom. The van der Waals surface area contributed by atoms with Crippen LogP contribution in [0.1, 0.15) is 13.3 Å². The zero-order chi connectivity index (χ0) is 8.65. The lowest BCUT2D eigenvalue weighted by Crippen LogP contribution is -2.27. The third-order valence-electron chi connectivity index (χ3n) is 2.34. The number of aliphatic hydroxyl groups is 2. The Bertz CT molecular complexity index is 183. The van der Waals surface area contributed by atoms with E-state index in [4.69, 9.17) is 10.2 Å². The van der Waals surface area contributed by atoms with Crippen LogP contribution < -0.4 is 0 Å². The zero-order valence-electron chi connectivity index (χ0n) is 6.23. The number of hydrogen-bond donors (Lipinski definition) is 2. The summed E-state index contributed by atoms with van der Waals surface area (Å²) < 4.78 is 0. The maximum absolute atomic E-state index is 10.3. The highest BCUT2D eigenvalue weighted by molar-refractivity contribution is 5.03. The van der Waals surface area contributed by atoms with Gasteiger partial charge in [-0.15, -0.1) is 0 Å². The van der Waals surface area contributed by atoms with Crippen LogP contribution in [0.5, 0.6) is 0 Å². The summed E-state index contributed by atoms with van der Waals surface area (Å²) in [6.07, 6.45) is -0.577. The van der Waals surface area contributed by atoms with Gasteiger partial charge in [0.1, 0.15) is 0 Å². The summed E-state index contributed by atoms with van der Waals surface area (Å²) in [4.78, 5) is 9.93. The summed E-state index contributed by atoms with van der Waals surface area (Å²) in [5.74, 6) is -0.373. The molecular formula is C6H11NO4. The molecule has 2 N–H and O–H groups in total. The number of nitrogens with zero attached hydrogens (tertiary/aromatic N) is 1. The maximum atomic E-state index is 10.3. The average Bonchev–Trinajstić information content (AvgIpc) is 2.63. The fraction of sp³-hybridized carbons (Fsp3) is 1.00. The molecule has 0 aromatic carbocycles. The number of aliphatic hydroxyl groups excluding tert-OH is 2.